The number of rotatable bonds is 9. The quantitative estimate of drug-likeness (QED) is 0.450. The van der Waals surface area contributed by atoms with Gasteiger partial charge in [0, 0.05) is 6.42 Å². The third-order valence-corrected chi connectivity index (χ3v) is 7.06. The molecule has 2 saturated carbocycles. The molecule has 0 unspecified atom stereocenters. The molecule has 0 spiro atoms. The molecule has 3 rings (SSSR count). The number of nitriles is 1. The minimum Gasteiger partial charge on any atom is -0.493 e. The zero-order valence-electron chi connectivity index (χ0n) is 17.3. The van der Waals surface area contributed by atoms with Gasteiger partial charge < -0.3 is 4.74 Å². The number of alkyl halides is 1. The molecule has 0 aromatic heterocycles. The van der Waals surface area contributed by atoms with Crippen LogP contribution in [-0.4, -0.2) is 13.3 Å². The average molecular weight is 386 g/mol. The van der Waals surface area contributed by atoms with Crippen molar-refractivity contribution in [2.45, 2.75) is 83.0 Å². The SMILES string of the molecule is N#CCCC1CCC(c2ccc(OCC3CCC(CCCF)CC3)cc2)CC1. The molecule has 2 nitrogen and oxygen atoms in total. The van der Waals surface area contributed by atoms with Gasteiger partial charge in [-0.25, -0.2) is 0 Å². The van der Waals surface area contributed by atoms with Gasteiger partial charge in [-0.15, -0.1) is 0 Å². The van der Waals surface area contributed by atoms with Gasteiger partial charge in [0.05, 0.1) is 19.4 Å². The van der Waals surface area contributed by atoms with Crippen LogP contribution in [0.2, 0.25) is 0 Å². The molecule has 28 heavy (non-hydrogen) atoms. The summed E-state index contributed by atoms with van der Waals surface area (Å²) in [6.45, 7) is 0.654. The first kappa shape index (κ1) is 21.2. The smallest absolute Gasteiger partial charge is 0.119 e. The van der Waals surface area contributed by atoms with Gasteiger partial charge in [0.15, 0.2) is 0 Å². The van der Waals surface area contributed by atoms with E-state index >= 15 is 0 Å². The van der Waals surface area contributed by atoms with Crippen LogP contribution >= 0.6 is 0 Å². The van der Waals surface area contributed by atoms with Crippen molar-refractivity contribution in [2.24, 2.45) is 17.8 Å². The van der Waals surface area contributed by atoms with Crippen LogP contribution in [0.4, 0.5) is 4.39 Å². The van der Waals surface area contributed by atoms with E-state index < -0.39 is 0 Å². The predicted octanol–water partition coefficient (Wildman–Crippen LogP) is 7.20. The number of benzene rings is 1. The van der Waals surface area contributed by atoms with Crippen molar-refractivity contribution in [3.8, 4) is 11.8 Å². The highest BCUT2D eigenvalue weighted by Gasteiger charge is 2.23. The van der Waals surface area contributed by atoms with E-state index in [4.69, 9.17) is 10.00 Å². The maximum absolute atomic E-state index is 12.3. The Hall–Kier alpha value is -1.56. The Bertz CT molecular complexity index is 592. The Morgan fingerprint density at radius 2 is 1.46 bits per heavy atom. The summed E-state index contributed by atoms with van der Waals surface area (Å²) in [4.78, 5) is 0. The van der Waals surface area contributed by atoms with Crippen LogP contribution in [-0.2, 0) is 0 Å². The second kappa shape index (κ2) is 11.4. The third kappa shape index (κ3) is 6.50. The minimum absolute atomic E-state index is 0.165. The average Bonchev–Trinajstić information content (AvgIpc) is 2.76. The standard InChI is InChI=1S/C25H36FNO/c26-17-1-3-20-5-7-22(8-6-20)19-28-25-15-13-24(14-16-25)23-11-9-21(10-12-23)4-2-18-27/h13-16,20-23H,1-12,17,19H2. The molecule has 154 valence electrons. The minimum atomic E-state index is -0.165. The first-order valence-corrected chi connectivity index (χ1v) is 11.4. The third-order valence-electron chi connectivity index (χ3n) is 7.06. The molecular weight excluding hydrogens is 349 g/mol. The lowest BCUT2D eigenvalue weighted by Crippen LogP contribution is -2.20. The van der Waals surface area contributed by atoms with Gasteiger partial charge in [0.2, 0.25) is 0 Å². The van der Waals surface area contributed by atoms with Gasteiger partial charge in [-0.3, -0.25) is 4.39 Å². The molecule has 1 aromatic carbocycles. The van der Waals surface area contributed by atoms with E-state index in [1.807, 2.05) is 0 Å². The van der Waals surface area contributed by atoms with E-state index in [1.54, 1.807) is 0 Å². The molecule has 1 aromatic rings. The highest BCUT2D eigenvalue weighted by Crippen LogP contribution is 2.38. The molecule has 0 N–H and O–H groups in total. The number of nitrogens with zero attached hydrogens (tertiary/aromatic N) is 1. The van der Waals surface area contributed by atoms with E-state index in [-0.39, 0.29) is 6.67 Å². The van der Waals surface area contributed by atoms with Gasteiger partial charge in [-0.1, -0.05) is 25.0 Å². The number of hydrogen-bond acceptors (Lipinski definition) is 2. The Labute approximate surface area is 170 Å². The summed E-state index contributed by atoms with van der Waals surface area (Å²) in [5, 5.41) is 8.75. The van der Waals surface area contributed by atoms with Crippen molar-refractivity contribution in [1.29, 1.82) is 5.26 Å². The van der Waals surface area contributed by atoms with Crippen molar-refractivity contribution >= 4 is 0 Å². The van der Waals surface area contributed by atoms with Crippen LogP contribution in [0.3, 0.4) is 0 Å². The molecule has 0 radical (unpaired) electrons. The van der Waals surface area contributed by atoms with E-state index in [1.165, 1.54) is 56.9 Å². The fraction of sp³-hybridized carbons (Fsp3) is 0.720. The van der Waals surface area contributed by atoms with Crippen molar-refractivity contribution < 1.29 is 9.13 Å². The summed E-state index contributed by atoms with van der Waals surface area (Å²) in [6.07, 6.45) is 13.5. The fourth-order valence-corrected chi connectivity index (χ4v) is 5.16. The van der Waals surface area contributed by atoms with E-state index in [9.17, 15) is 4.39 Å². The van der Waals surface area contributed by atoms with Crippen LogP contribution in [0.5, 0.6) is 5.75 Å². The lowest BCUT2D eigenvalue weighted by molar-refractivity contribution is 0.176. The van der Waals surface area contributed by atoms with Crippen LogP contribution in [0.15, 0.2) is 24.3 Å². The number of halogens is 1. The topological polar surface area (TPSA) is 33.0 Å². The molecule has 2 fully saturated rings. The Morgan fingerprint density at radius 3 is 2.11 bits per heavy atom. The molecule has 0 bridgehead atoms. The lowest BCUT2D eigenvalue weighted by Gasteiger charge is -2.29. The van der Waals surface area contributed by atoms with Crippen molar-refractivity contribution in [2.75, 3.05) is 13.3 Å². The molecule has 0 heterocycles. The summed E-state index contributed by atoms with van der Waals surface area (Å²) in [6, 6.07) is 11.1. The largest absolute Gasteiger partial charge is 0.493 e. The summed E-state index contributed by atoms with van der Waals surface area (Å²) in [5.41, 5.74) is 1.44. The fourth-order valence-electron chi connectivity index (χ4n) is 5.16. The van der Waals surface area contributed by atoms with Gasteiger partial charge in [-0.2, -0.15) is 5.26 Å². The number of ether oxygens (including phenoxy) is 1. The maximum atomic E-state index is 12.3. The van der Waals surface area contributed by atoms with Crippen molar-refractivity contribution in [3.05, 3.63) is 29.8 Å². The molecule has 0 saturated heterocycles. The molecule has 0 atom stereocenters. The first-order valence-electron chi connectivity index (χ1n) is 11.4. The summed E-state index contributed by atoms with van der Waals surface area (Å²) in [5.74, 6) is 3.81. The number of hydrogen-bond donors (Lipinski definition) is 0. The monoisotopic (exact) mass is 385 g/mol. The van der Waals surface area contributed by atoms with Crippen LogP contribution < -0.4 is 4.74 Å². The molecule has 2 aliphatic carbocycles. The van der Waals surface area contributed by atoms with E-state index in [2.05, 4.69) is 30.3 Å². The Morgan fingerprint density at radius 1 is 0.857 bits per heavy atom. The molecule has 0 amide bonds. The Kier molecular flexibility index (Phi) is 8.65. The van der Waals surface area contributed by atoms with Crippen LogP contribution in [0, 0.1) is 29.1 Å². The van der Waals surface area contributed by atoms with Crippen LogP contribution in [0.1, 0.15) is 88.5 Å². The first-order chi connectivity index (χ1) is 13.8. The molecule has 2 aliphatic rings. The summed E-state index contributed by atoms with van der Waals surface area (Å²) in [7, 11) is 0. The highest BCUT2D eigenvalue weighted by molar-refractivity contribution is 5.29. The second-order valence-corrected chi connectivity index (χ2v) is 9.01. The van der Waals surface area contributed by atoms with E-state index in [0.29, 0.717) is 18.3 Å². The van der Waals surface area contributed by atoms with Gasteiger partial charge >= 0.3 is 0 Å². The molecule has 3 heteroatoms. The second-order valence-electron chi connectivity index (χ2n) is 9.01. The highest BCUT2D eigenvalue weighted by atomic mass is 19.1. The maximum Gasteiger partial charge on any atom is 0.119 e. The zero-order chi connectivity index (χ0) is 19.6. The Balaban J connectivity index is 1.37. The van der Waals surface area contributed by atoms with Gasteiger partial charge in [0.25, 0.3) is 0 Å². The predicted molar refractivity (Wildman–Crippen MR) is 112 cm³/mol. The van der Waals surface area contributed by atoms with Crippen molar-refractivity contribution in [1.82, 2.24) is 0 Å². The summed E-state index contributed by atoms with van der Waals surface area (Å²) < 4.78 is 18.4. The zero-order valence-corrected chi connectivity index (χ0v) is 17.3. The van der Waals surface area contributed by atoms with E-state index in [0.717, 1.165) is 43.5 Å². The van der Waals surface area contributed by atoms with Crippen molar-refractivity contribution in [3.63, 3.8) is 0 Å². The van der Waals surface area contributed by atoms with Crippen LogP contribution in [0.25, 0.3) is 0 Å². The van der Waals surface area contributed by atoms with Gasteiger partial charge in [0.1, 0.15) is 5.75 Å². The normalized spacial score (nSPS) is 27.9. The lowest BCUT2D eigenvalue weighted by atomic mass is 9.77. The molecular formula is C25H36FNO. The molecule has 0 aliphatic heterocycles. The summed E-state index contributed by atoms with van der Waals surface area (Å²) >= 11 is 0. The van der Waals surface area contributed by atoms with Gasteiger partial charge in [-0.05, 0) is 99.2 Å².